The summed E-state index contributed by atoms with van der Waals surface area (Å²) >= 11 is 0. The molecule has 1 aromatic rings. The maximum absolute atomic E-state index is 2.98. The van der Waals surface area contributed by atoms with Gasteiger partial charge < -0.3 is 4.90 Å². The van der Waals surface area contributed by atoms with E-state index in [9.17, 15) is 0 Å². The van der Waals surface area contributed by atoms with E-state index in [0.29, 0.717) is 23.3 Å². The molecule has 0 bridgehead atoms. The molecular formula is C31H53N. The van der Waals surface area contributed by atoms with E-state index in [1.807, 2.05) is 0 Å². The summed E-state index contributed by atoms with van der Waals surface area (Å²) < 4.78 is 0. The van der Waals surface area contributed by atoms with Crippen molar-refractivity contribution in [1.29, 1.82) is 0 Å². The number of anilines is 1. The molecule has 1 saturated heterocycles. The highest BCUT2D eigenvalue weighted by molar-refractivity contribution is 5.66. The maximum atomic E-state index is 2.98. The van der Waals surface area contributed by atoms with Crippen molar-refractivity contribution in [3.05, 3.63) is 29.3 Å². The molecule has 0 amide bonds. The topological polar surface area (TPSA) is 3.24 Å². The number of para-hydroxylation sites is 1. The van der Waals surface area contributed by atoms with E-state index in [2.05, 4.69) is 106 Å². The average molecular weight is 440 g/mol. The lowest BCUT2D eigenvalue weighted by atomic mass is 9.52. The van der Waals surface area contributed by atoms with Gasteiger partial charge in [-0.1, -0.05) is 93.9 Å². The second-order valence-electron chi connectivity index (χ2n) is 14.2. The summed E-state index contributed by atoms with van der Waals surface area (Å²) in [4.78, 5) is 2.98. The van der Waals surface area contributed by atoms with E-state index in [4.69, 9.17) is 0 Å². The first-order valence-corrected chi connectivity index (χ1v) is 13.6. The van der Waals surface area contributed by atoms with Crippen LogP contribution in [0.2, 0.25) is 0 Å². The van der Waals surface area contributed by atoms with Crippen LogP contribution in [-0.2, 0) is 0 Å². The van der Waals surface area contributed by atoms with Crippen LogP contribution in [0.1, 0.15) is 132 Å². The molecule has 4 atom stereocenters. The molecule has 1 heteroatoms. The predicted octanol–water partition coefficient (Wildman–Crippen LogP) is 9.42. The Morgan fingerprint density at radius 1 is 0.906 bits per heavy atom. The minimum Gasteiger partial charge on any atom is -0.362 e. The SMILES string of the molecule is CC1CCC(C(C)C)C2(C1)CC(C)(C)N(c1c(C(C)C)cccc1C(C)C)C2C(C)(C)C. The van der Waals surface area contributed by atoms with Gasteiger partial charge in [0.15, 0.2) is 0 Å². The van der Waals surface area contributed by atoms with Crippen LogP contribution < -0.4 is 4.90 Å². The van der Waals surface area contributed by atoms with Gasteiger partial charge in [-0.15, -0.1) is 0 Å². The number of hydrogen-bond donors (Lipinski definition) is 0. The summed E-state index contributed by atoms with van der Waals surface area (Å²) in [6.45, 7) is 29.7. The molecule has 1 heterocycles. The van der Waals surface area contributed by atoms with Crippen molar-refractivity contribution in [3.63, 3.8) is 0 Å². The fourth-order valence-electron chi connectivity index (χ4n) is 8.23. The maximum Gasteiger partial charge on any atom is 0.0443 e. The molecule has 1 nitrogen and oxygen atoms in total. The summed E-state index contributed by atoms with van der Waals surface area (Å²) in [5.74, 6) is 3.44. The number of benzene rings is 1. The van der Waals surface area contributed by atoms with Crippen LogP contribution in [0.5, 0.6) is 0 Å². The highest BCUT2D eigenvalue weighted by Gasteiger charge is 2.63. The lowest BCUT2D eigenvalue weighted by Gasteiger charge is -2.55. The van der Waals surface area contributed by atoms with Gasteiger partial charge in [-0.25, -0.2) is 0 Å². The summed E-state index contributed by atoms with van der Waals surface area (Å²) in [6, 6.07) is 7.68. The quantitative estimate of drug-likeness (QED) is 0.451. The second kappa shape index (κ2) is 8.66. The molecule has 0 N–H and O–H groups in total. The Morgan fingerprint density at radius 3 is 1.88 bits per heavy atom. The van der Waals surface area contributed by atoms with Crippen molar-refractivity contribution in [2.45, 2.75) is 132 Å². The molecule has 182 valence electrons. The monoisotopic (exact) mass is 439 g/mol. The predicted molar refractivity (Wildman–Crippen MR) is 143 cm³/mol. The number of hydrogen-bond acceptors (Lipinski definition) is 1. The molecule has 4 unspecified atom stereocenters. The van der Waals surface area contributed by atoms with Crippen LogP contribution >= 0.6 is 0 Å². The van der Waals surface area contributed by atoms with Crippen molar-refractivity contribution in [1.82, 2.24) is 0 Å². The van der Waals surface area contributed by atoms with Crippen LogP contribution in [0, 0.1) is 28.6 Å². The molecule has 1 aromatic carbocycles. The largest absolute Gasteiger partial charge is 0.362 e. The molecule has 1 aliphatic carbocycles. The number of nitrogens with zero attached hydrogens (tertiary/aromatic N) is 1. The zero-order valence-corrected chi connectivity index (χ0v) is 23.5. The zero-order chi connectivity index (χ0) is 24.2. The fourth-order valence-corrected chi connectivity index (χ4v) is 8.23. The van der Waals surface area contributed by atoms with Crippen LogP contribution in [0.3, 0.4) is 0 Å². The summed E-state index contributed by atoms with van der Waals surface area (Å²) in [5, 5.41) is 0. The van der Waals surface area contributed by atoms with Crippen LogP contribution in [0.15, 0.2) is 18.2 Å². The van der Waals surface area contributed by atoms with Gasteiger partial charge in [-0.2, -0.15) is 0 Å². The molecule has 1 saturated carbocycles. The lowest BCUT2D eigenvalue weighted by molar-refractivity contribution is -0.00889. The standard InChI is InChI=1S/C31H53N/c1-20(2)24-14-13-15-25(21(3)4)27(24)32-28(29(8,9)10)31(19-30(32,11)12)18-23(7)16-17-26(31)22(5)6/h13-15,20-23,26,28H,16-19H2,1-12H3. The molecule has 3 rings (SSSR count). The summed E-state index contributed by atoms with van der Waals surface area (Å²) in [7, 11) is 0. The molecule has 0 aromatic heterocycles. The smallest absolute Gasteiger partial charge is 0.0443 e. The third-order valence-electron chi connectivity index (χ3n) is 8.86. The zero-order valence-electron chi connectivity index (χ0n) is 23.5. The van der Waals surface area contributed by atoms with E-state index >= 15 is 0 Å². The Kier molecular flexibility index (Phi) is 6.94. The highest BCUT2D eigenvalue weighted by Crippen LogP contribution is 2.64. The first kappa shape index (κ1) is 25.6. The van der Waals surface area contributed by atoms with Crippen LogP contribution in [0.4, 0.5) is 5.69 Å². The summed E-state index contributed by atoms with van der Waals surface area (Å²) in [6.07, 6.45) is 5.51. The molecule has 1 aliphatic heterocycles. The Hall–Kier alpha value is -0.980. The average Bonchev–Trinajstić information content (AvgIpc) is 2.86. The lowest BCUT2D eigenvalue weighted by Crippen LogP contribution is -2.56. The van der Waals surface area contributed by atoms with Crippen LogP contribution in [-0.4, -0.2) is 11.6 Å². The molecule has 1 spiro atoms. The van der Waals surface area contributed by atoms with Crippen LogP contribution in [0.25, 0.3) is 0 Å². The van der Waals surface area contributed by atoms with E-state index in [1.54, 1.807) is 16.8 Å². The normalized spacial score (nSPS) is 30.8. The van der Waals surface area contributed by atoms with Crippen molar-refractivity contribution < 1.29 is 0 Å². The first-order chi connectivity index (χ1) is 14.6. The van der Waals surface area contributed by atoms with Gasteiger partial charge in [-0.05, 0) is 84.7 Å². The Morgan fingerprint density at radius 2 is 1.44 bits per heavy atom. The minimum absolute atomic E-state index is 0.150. The highest BCUT2D eigenvalue weighted by atomic mass is 15.3. The van der Waals surface area contributed by atoms with E-state index in [-0.39, 0.29) is 11.0 Å². The molecular weight excluding hydrogens is 386 g/mol. The number of rotatable bonds is 4. The first-order valence-electron chi connectivity index (χ1n) is 13.6. The fraction of sp³-hybridized carbons (Fsp3) is 0.806. The van der Waals surface area contributed by atoms with Crippen molar-refractivity contribution >= 4 is 5.69 Å². The third kappa shape index (κ3) is 4.27. The molecule has 2 fully saturated rings. The second-order valence-corrected chi connectivity index (χ2v) is 14.2. The van der Waals surface area contributed by atoms with Gasteiger partial charge in [0, 0.05) is 17.3 Å². The molecule has 32 heavy (non-hydrogen) atoms. The van der Waals surface area contributed by atoms with Gasteiger partial charge in [0.1, 0.15) is 0 Å². The Bertz CT molecular complexity index is 767. The van der Waals surface area contributed by atoms with Crippen molar-refractivity contribution in [2.24, 2.45) is 28.6 Å². The van der Waals surface area contributed by atoms with E-state index in [0.717, 1.165) is 17.8 Å². The van der Waals surface area contributed by atoms with E-state index in [1.165, 1.54) is 25.7 Å². The Balaban J connectivity index is 2.34. The van der Waals surface area contributed by atoms with Crippen molar-refractivity contribution in [3.8, 4) is 0 Å². The van der Waals surface area contributed by atoms with Gasteiger partial charge in [0.25, 0.3) is 0 Å². The third-order valence-corrected chi connectivity index (χ3v) is 8.86. The van der Waals surface area contributed by atoms with Gasteiger partial charge >= 0.3 is 0 Å². The minimum atomic E-state index is 0.150. The molecule has 2 aliphatic rings. The summed E-state index contributed by atoms with van der Waals surface area (Å²) in [5.41, 5.74) is 5.40. The van der Waals surface area contributed by atoms with Gasteiger partial charge in [-0.3, -0.25) is 0 Å². The van der Waals surface area contributed by atoms with Gasteiger partial charge in [0.2, 0.25) is 0 Å². The molecule has 0 radical (unpaired) electrons. The van der Waals surface area contributed by atoms with E-state index < -0.39 is 0 Å². The van der Waals surface area contributed by atoms with Crippen molar-refractivity contribution in [2.75, 3.05) is 4.90 Å². The Labute approximate surface area is 200 Å². The van der Waals surface area contributed by atoms with Gasteiger partial charge in [0.05, 0.1) is 0 Å².